The monoisotopic (exact) mass is 416 g/mol. The fourth-order valence-corrected chi connectivity index (χ4v) is 4.10. The number of amides is 1. The van der Waals surface area contributed by atoms with E-state index in [9.17, 15) is 9.18 Å². The maximum Gasteiger partial charge on any atom is 0.264 e. The lowest BCUT2D eigenvalue weighted by Gasteiger charge is -2.09. The smallest absolute Gasteiger partial charge is 0.264 e. The number of nitrogens with one attached hydrogen (secondary N) is 1. The summed E-state index contributed by atoms with van der Waals surface area (Å²) in [6, 6.07) is 17.3. The van der Waals surface area contributed by atoms with Gasteiger partial charge in [-0.25, -0.2) is 9.38 Å². The number of halogens is 1. The zero-order valence-electron chi connectivity index (χ0n) is 16.3. The zero-order valence-corrected chi connectivity index (χ0v) is 17.1. The lowest BCUT2D eigenvalue weighted by molar-refractivity contribution is -0.115. The van der Waals surface area contributed by atoms with Crippen molar-refractivity contribution in [2.45, 2.75) is 13.8 Å². The summed E-state index contributed by atoms with van der Waals surface area (Å²) >= 11 is 1.25. The van der Waals surface area contributed by atoms with Crippen LogP contribution in [0.15, 0.2) is 64.5 Å². The van der Waals surface area contributed by atoms with Gasteiger partial charge in [0.15, 0.2) is 5.17 Å². The van der Waals surface area contributed by atoms with Crippen LogP contribution >= 0.6 is 11.8 Å². The van der Waals surface area contributed by atoms with E-state index in [1.165, 1.54) is 23.9 Å². The van der Waals surface area contributed by atoms with Gasteiger partial charge < -0.3 is 9.88 Å². The average Bonchev–Trinajstić information content (AvgIpc) is 3.22. The standard InChI is InChI=1S/C23H17FN4OS/c1-14-11-17(15(2)28(14)20-9-3-16(13-25)4-10-20)12-21-22(29)27-23(30-21)26-19-7-5-18(24)6-8-19/h3-12H,1-2H3,(H,26,27,29). The van der Waals surface area contributed by atoms with E-state index in [-0.39, 0.29) is 11.7 Å². The molecule has 148 valence electrons. The lowest BCUT2D eigenvalue weighted by atomic mass is 10.2. The molecule has 30 heavy (non-hydrogen) atoms. The van der Waals surface area contributed by atoms with Crippen molar-refractivity contribution in [1.29, 1.82) is 5.26 Å². The van der Waals surface area contributed by atoms with E-state index in [0.717, 1.165) is 22.6 Å². The Labute approximate surface area is 177 Å². The van der Waals surface area contributed by atoms with Gasteiger partial charge in [-0.3, -0.25) is 4.79 Å². The molecule has 3 aromatic rings. The highest BCUT2D eigenvalue weighted by atomic mass is 32.2. The zero-order chi connectivity index (χ0) is 21.3. The molecule has 1 N–H and O–H groups in total. The molecular formula is C23H17FN4OS. The number of aliphatic imine (C=N–C) groups is 1. The number of thioether (sulfide) groups is 1. The molecule has 1 aromatic heterocycles. The number of carbonyl (C=O) groups excluding carboxylic acids is 1. The third kappa shape index (κ3) is 3.91. The maximum atomic E-state index is 13.1. The van der Waals surface area contributed by atoms with Gasteiger partial charge in [0.05, 0.1) is 22.2 Å². The number of aromatic nitrogens is 1. The summed E-state index contributed by atoms with van der Waals surface area (Å²) in [5.74, 6) is -0.552. The number of aryl methyl sites for hydroxylation is 1. The predicted molar refractivity (Wildman–Crippen MR) is 117 cm³/mol. The van der Waals surface area contributed by atoms with Crippen molar-refractivity contribution in [3.05, 3.63) is 87.8 Å². The van der Waals surface area contributed by atoms with Crippen molar-refractivity contribution in [2.75, 3.05) is 0 Å². The first kappa shape index (κ1) is 19.7. The summed E-state index contributed by atoms with van der Waals surface area (Å²) < 4.78 is 15.1. The highest BCUT2D eigenvalue weighted by molar-refractivity contribution is 8.18. The van der Waals surface area contributed by atoms with Gasteiger partial charge >= 0.3 is 0 Å². The molecule has 1 saturated heterocycles. The van der Waals surface area contributed by atoms with Gasteiger partial charge in [-0.15, -0.1) is 0 Å². The highest BCUT2D eigenvalue weighted by Crippen LogP contribution is 2.30. The topological polar surface area (TPSA) is 70.2 Å². The molecule has 4 rings (SSSR count). The van der Waals surface area contributed by atoms with Crippen molar-refractivity contribution in [3.8, 4) is 11.8 Å². The van der Waals surface area contributed by atoms with Crippen LogP contribution in [-0.2, 0) is 4.79 Å². The van der Waals surface area contributed by atoms with Crippen molar-refractivity contribution in [2.24, 2.45) is 4.99 Å². The van der Waals surface area contributed by atoms with Crippen LogP contribution in [0.4, 0.5) is 10.1 Å². The molecule has 0 saturated carbocycles. The Morgan fingerprint density at radius 1 is 1.13 bits per heavy atom. The molecule has 7 heteroatoms. The SMILES string of the molecule is Cc1cc(C=C2SC(=Nc3ccc(F)cc3)NC2=O)c(C)n1-c1ccc(C#N)cc1. The summed E-state index contributed by atoms with van der Waals surface area (Å²) in [4.78, 5) is 17.3. The second-order valence-corrected chi connectivity index (χ2v) is 7.81. The quantitative estimate of drug-likeness (QED) is 0.611. The molecule has 1 fully saturated rings. The first-order valence-corrected chi connectivity index (χ1v) is 10.0. The van der Waals surface area contributed by atoms with E-state index in [4.69, 9.17) is 5.26 Å². The fourth-order valence-electron chi connectivity index (χ4n) is 3.27. The van der Waals surface area contributed by atoms with Crippen LogP contribution in [0.5, 0.6) is 0 Å². The number of hydrogen-bond donors (Lipinski definition) is 1. The van der Waals surface area contributed by atoms with Crippen LogP contribution in [0.1, 0.15) is 22.5 Å². The summed E-state index contributed by atoms with van der Waals surface area (Å²) in [7, 11) is 0. The first-order chi connectivity index (χ1) is 14.4. The Morgan fingerprint density at radius 3 is 2.50 bits per heavy atom. The van der Waals surface area contributed by atoms with Crippen LogP contribution in [0.2, 0.25) is 0 Å². The molecule has 2 aromatic carbocycles. The van der Waals surface area contributed by atoms with Crippen LogP contribution in [-0.4, -0.2) is 15.6 Å². The summed E-state index contributed by atoms with van der Waals surface area (Å²) in [6.07, 6.45) is 1.84. The molecule has 0 spiro atoms. The number of nitrogens with zero attached hydrogens (tertiary/aromatic N) is 3. The van der Waals surface area contributed by atoms with Gasteiger partial charge in [-0.1, -0.05) is 0 Å². The predicted octanol–water partition coefficient (Wildman–Crippen LogP) is 5.00. The van der Waals surface area contributed by atoms with Crippen LogP contribution < -0.4 is 5.32 Å². The second kappa shape index (κ2) is 8.01. The van der Waals surface area contributed by atoms with Crippen molar-refractivity contribution < 1.29 is 9.18 Å². The van der Waals surface area contributed by atoms with E-state index in [2.05, 4.69) is 20.9 Å². The largest absolute Gasteiger partial charge is 0.318 e. The first-order valence-electron chi connectivity index (χ1n) is 9.19. The van der Waals surface area contributed by atoms with Crippen molar-refractivity contribution in [3.63, 3.8) is 0 Å². The van der Waals surface area contributed by atoms with E-state index >= 15 is 0 Å². The minimum atomic E-state index is -0.333. The number of carbonyl (C=O) groups is 1. The van der Waals surface area contributed by atoms with E-state index < -0.39 is 0 Å². The van der Waals surface area contributed by atoms with Gasteiger partial charge in [-0.05, 0) is 91.8 Å². The average molecular weight is 416 g/mol. The van der Waals surface area contributed by atoms with Crippen molar-refractivity contribution in [1.82, 2.24) is 9.88 Å². The summed E-state index contributed by atoms with van der Waals surface area (Å²) in [5, 5.41) is 12.2. The third-order valence-corrected chi connectivity index (χ3v) is 5.63. The van der Waals surface area contributed by atoms with Gasteiger partial charge in [0, 0.05) is 17.1 Å². The normalized spacial score (nSPS) is 16.1. The highest BCUT2D eigenvalue weighted by Gasteiger charge is 2.24. The third-order valence-electron chi connectivity index (χ3n) is 4.72. The van der Waals surface area contributed by atoms with Crippen LogP contribution in [0.3, 0.4) is 0 Å². The fraction of sp³-hybridized carbons (Fsp3) is 0.0870. The van der Waals surface area contributed by atoms with Crippen molar-refractivity contribution >= 4 is 34.6 Å². The molecule has 0 unspecified atom stereocenters. The lowest BCUT2D eigenvalue weighted by Crippen LogP contribution is -2.19. The van der Waals surface area contributed by atoms with Gasteiger partial charge in [0.1, 0.15) is 5.82 Å². The Balaban J connectivity index is 1.62. The maximum absolute atomic E-state index is 13.1. The molecule has 1 aliphatic heterocycles. The molecule has 0 radical (unpaired) electrons. The number of nitriles is 1. The van der Waals surface area contributed by atoms with Gasteiger partial charge in [0.2, 0.25) is 0 Å². The minimum absolute atomic E-state index is 0.218. The Morgan fingerprint density at radius 2 is 1.83 bits per heavy atom. The molecule has 0 aliphatic carbocycles. The van der Waals surface area contributed by atoms with Gasteiger partial charge in [-0.2, -0.15) is 5.26 Å². The molecular weight excluding hydrogens is 399 g/mol. The van der Waals surface area contributed by atoms with E-state index in [1.54, 1.807) is 24.3 Å². The molecule has 1 aliphatic rings. The Hall–Kier alpha value is -3.63. The second-order valence-electron chi connectivity index (χ2n) is 6.78. The molecule has 2 heterocycles. The number of amidine groups is 1. The summed E-state index contributed by atoms with van der Waals surface area (Å²) in [5.41, 5.74) is 5.07. The molecule has 0 atom stereocenters. The van der Waals surface area contributed by atoms with E-state index in [0.29, 0.717) is 21.3 Å². The summed E-state index contributed by atoms with van der Waals surface area (Å²) in [6.45, 7) is 3.99. The Kier molecular flexibility index (Phi) is 5.25. The number of benzene rings is 2. The van der Waals surface area contributed by atoms with Crippen LogP contribution in [0.25, 0.3) is 11.8 Å². The Bertz CT molecular complexity index is 1230. The van der Waals surface area contributed by atoms with E-state index in [1.807, 2.05) is 38.1 Å². The number of rotatable bonds is 3. The van der Waals surface area contributed by atoms with Crippen LogP contribution in [0, 0.1) is 31.0 Å². The van der Waals surface area contributed by atoms with Gasteiger partial charge in [0.25, 0.3) is 5.91 Å². The number of hydrogen-bond acceptors (Lipinski definition) is 4. The molecule has 5 nitrogen and oxygen atoms in total. The minimum Gasteiger partial charge on any atom is -0.318 e. The molecule has 0 bridgehead atoms. The molecule has 1 amide bonds.